The molecule has 0 heterocycles. The van der Waals surface area contributed by atoms with Crippen LogP contribution in [0.3, 0.4) is 0 Å². The van der Waals surface area contributed by atoms with Crippen molar-refractivity contribution in [3.8, 4) is 0 Å². The summed E-state index contributed by atoms with van der Waals surface area (Å²) in [6.45, 7) is 6.33. The molecule has 0 saturated heterocycles. The van der Waals surface area contributed by atoms with Crippen molar-refractivity contribution in [3.05, 3.63) is 0 Å². The van der Waals surface area contributed by atoms with Gasteiger partial charge >= 0.3 is 0 Å². The number of nitrogens with one attached hydrogen (secondary N) is 1. The number of rotatable bonds is 4. The van der Waals surface area contributed by atoms with Crippen LogP contribution >= 0.6 is 12.2 Å². The van der Waals surface area contributed by atoms with Crippen LogP contribution in [-0.4, -0.2) is 29.1 Å². The van der Waals surface area contributed by atoms with E-state index in [1.807, 2.05) is 0 Å². The minimum atomic E-state index is 0.747. The zero-order chi connectivity index (χ0) is 8.97. The second kappa shape index (κ2) is 4.65. The molecule has 0 amide bonds. The molecule has 12 heavy (non-hydrogen) atoms. The molecule has 0 aromatic heterocycles. The standard InChI is InChI=1S/C9H18N2S/c1-3-7-11(8-5-6-8)9(12)10-4-2/h8H,3-7H2,1-2H3,(H,10,12). The van der Waals surface area contributed by atoms with Crippen LogP contribution in [0.15, 0.2) is 0 Å². The van der Waals surface area contributed by atoms with Gasteiger partial charge in [-0.1, -0.05) is 6.92 Å². The van der Waals surface area contributed by atoms with Crippen LogP contribution in [0.25, 0.3) is 0 Å². The minimum absolute atomic E-state index is 0.747. The minimum Gasteiger partial charge on any atom is -0.363 e. The van der Waals surface area contributed by atoms with Crippen LogP contribution in [0.5, 0.6) is 0 Å². The summed E-state index contributed by atoms with van der Waals surface area (Å²) in [5.41, 5.74) is 0. The fraction of sp³-hybridized carbons (Fsp3) is 0.889. The molecule has 0 aromatic carbocycles. The van der Waals surface area contributed by atoms with Crippen LogP contribution in [0.2, 0.25) is 0 Å². The lowest BCUT2D eigenvalue weighted by Gasteiger charge is -2.24. The van der Waals surface area contributed by atoms with Gasteiger partial charge in [0.1, 0.15) is 0 Å². The van der Waals surface area contributed by atoms with Gasteiger partial charge in [-0.2, -0.15) is 0 Å². The summed E-state index contributed by atoms with van der Waals surface area (Å²) in [6, 6.07) is 0.747. The number of hydrogen-bond donors (Lipinski definition) is 1. The molecular weight excluding hydrogens is 168 g/mol. The highest BCUT2D eigenvalue weighted by molar-refractivity contribution is 7.80. The molecular formula is C9H18N2S. The van der Waals surface area contributed by atoms with Gasteiger partial charge in [-0.05, 0) is 38.4 Å². The van der Waals surface area contributed by atoms with Crippen molar-refractivity contribution in [1.82, 2.24) is 10.2 Å². The summed E-state index contributed by atoms with van der Waals surface area (Å²) in [7, 11) is 0. The molecule has 2 nitrogen and oxygen atoms in total. The van der Waals surface area contributed by atoms with Crippen LogP contribution in [0.4, 0.5) is 0 Å². The third kappa shape index (κ3) is 2.63. The van der Waals surface area contributed by atoms with Crippen LogP contribution < -0.4 is 5.32 Å². The van der Waals surface area contributed by atoms with Crippen molar-refractivity contribution in [3.63, 3.8) is 0 Å². The molecule has 1 aliphatic carbocycles. The number of hydrogen-bond acceptors (Lipinski definition) is 1. The third-order valence-electron chi connectivity index (χ3n) is 2.04. The average molecular weight is 186 g/mol. The van der Waals surface area contributed by atoms with Gasteiger partial charge in [0.2, 0.25) is 0 Å². The van der Waals surface area contributed by atoms with Crippen molar-refractivity contribution >= 4 is 17.3 Å². The van der Waals surface area contributed by atoms with Gasteiger partial charge < -0.3 is 10.2 Å². The fourth-order valence-corrected chi connectivity index (χ4v) is 1.71. The first-order valence-electron chi connectivity index (χ1n) is 4.84. The molecule has 1 fully saturated rings. The zero-order valence-corrected chi connectivity index (χ0v) is 8.78. The maximum absolute atomic E-state index is 5.27. The van der Waals surface area contributed by atoms with Gasteiger partial charge in [-0.25, -0.2) is 0 Å². The molecule has 3 heteroatoms. The number of thiocarbonyl (C=S) groups is 1. The Morgan fingerprint density at radius 2 is 2.17 bits per heavy atom. The summed E-state index contributed by atoms with van der Waals surface area (Å²) >= 11 is 5.27. The van der Waals surface area contributed by atoms with Gasteiger partial charge in [-0.3, -0.25) is 0 Å². The Balaban J connectivity index is 2.34. The molecule has 1 rings (SSSR count). The average Bonchev–Trinajstić information content (AvgIpc) is 2.83. The molecule has 1 aliphatic rings. The van der Waals surface area contributed by atoms with Crippen LogP contribution in [0.1, 0.15) is 33.1 Å². The lowest BCUT2D eigenvalue weighted by atomic mass is 10.4. The van der Waals surface area contributed by atoms with Crippen molar-refractivity contribution in [2.45, 2.75) is 39.2 Å². The van der Waals surface area contributed by atoms with Crippen molar-refractivity contribution in [2.24, 2.45) is 0 Å². The van der Waals surface area contributed by atoms with Crippen molar-refractivity contribution < 1.29 is 0 Å². The summed E-state index contributed by atoms with van der Waals surface area (Å²) < 4.78 is 0. The van der Waals surface area contributed by atoms with Gasteiger partial charge in [0.05, 0.1) is 0 Å². The van der Waals surface area contributed by atoms with E-state index in [9.17, 15) is 0 Å². The van der Waals surface area contributed by atoms with Gasteiger partial charge in [-0.15, -0.1) is 0 Å². The summed E-state index contributed by atoms with van der Waals surface area (Å²) in [5.74, 6) is 0. The van der Waals surface area contributed by atoms with E-state index in [1.165, 1.54) is 19.3 Å². The monoisotopic (exact) mass is 186 g/mol. The van der Waals surface area contributed by atoms with E-state index in [-0.39, 0.29) is 0 Å². The number of nitrogens with zero attached hydrogens (tertiary/aromatic N) is 1. The molecule has 0 radical (unpaired) electrons. The Bertz CT molecular complexity index is 155. The normalized spacial score (nSPS) is 15.8. The quantitative estimate of drug-likeness (QED) is 0.673. The first-order valence-corrected chi connectivity index (χ1v) is 5.24. The van der Waals surface area contributed by atoms with E-state index >= 15 is 0 Å². The third-order valence-corrected chi connectivity index (χ3v) is 2.42. The topological polar surface area (TPSA) is 15.3 Å². The highest BCUT2D eigenvalue weighted by Crippen LogP contribution is 2.26. The molecule has 1 N–H and O–H groups in total. The molecule has 1 saturated carbocycles. The fourth-order valence-electron chi connectivity index (χ4n) is 1.33. The smallest absolute Gasteiger partial charge is 0.169 e. The van der Waals surface area contributed by atoms with Gasteiger partial charge in [0.25, 0.3) is 0 Å². The Morgan fingerprint density at radius 3 is 2.58 bits per heavy atom. The van der Waals surface area contributed by atoms with E-state index in [4.69, 9.17) is 12.2 Å². The van der Waals surface area contributed by atoms with E-state index < -0.39 is 0 Å². The van der Waals surface area contributed by atoms with Crippen molar-refractivity contribution in [2.75, 3.05) is 13.1 Å². The summed E-state index contributed by atoms with van der Waals surface area (Å²) in [6.07, 6.45) is 3.83. The zero-order valence-electron chi connectivity index (χ0n) is 7.97. The SMILES string of the molecule is CCCN(C(=S)NCC)C1CC1. The molecule has 0 aliphatic heterocycles. The molecule has 0 spiro atoms. The lowest BCUT2D eigenvalue weighted by Crippen LogP contribution is -2.41. The molecule has 70 valence electrons. The predicted molar refractivity (Wildman–Crippen MR) is 56.3 cm³/mol. The lowest BCUT2D eigenvalue weighted by molar-refractivity contribution is 0.402. The second-order valence-corrected chi connectivity index (χ2v) is 3.65. The molecule has 0 atom stereocenters. The Hall–Kier alpha value is -0.310. The van der Waals surface area contributed by atoms with Crippen molar-refractivity contribution in [1.29, 1.82) is 0 Å². The molecule has 0 bridgehead atoms. The first kappa shape index (κ1) is 9.78. The highest BCUT2D eigenvalue weighted by Gasteiger charge is 2.29. The van der Waals surface area contributed by atoms with E-state index in [2.05, 4.69) is 24.1 Å². The highest BCUT2D eigenvalue weighted by atomic mass is 32.1. The Labute approximate surface area is 80.3 Å². The second-order valence-electron chi connectivity index (χ2n) is 3.26. The van der Waals surface area contributed by atoms with E-state index in [1.54, 1.807) is 0 Å². The maximum atomic E-state index is 5.27. The summed E-state index contributed by atoms with van der Waals surface area (Å²) in [5, 5.41) is 4.16. The van der Waals surface area contributed by atoms with E-state index in [0.29, 0.717) is 0 Å². The Kier molecular flexibility index (Phi) is 3.79. The largest absolute Gasteiger partial charge is 0.363 e. The Morgan fingerprint density at radius 1 is 1.50 bits per heavy atom. The first-order chi connectivity index (χ1) is 5.79. The maximum Gasteiger partial charge on any atom is 0.169 e. The van der Waals surface area contributed by atoms with Gasteiger partial charge in [0.15, 0.2) is 5.11 Å². The molecule has 0 aromatic rings. The van der Waals surface area contributed by atoms with E-state index in [0.717, 1.165) is 24.2 Å². The summed E-state index contributed by atoms with van der Waals surface area (Å²) in [4.78, 5) is 2.33. The van der Waals surface area contributed by atoms with Crippen LogP contribution in [-0.2, 0) is 0 Å². The van der Waals surface area contributed by atoms with Gasteiger partial charge in [0, 0.05) is 19.1 Å². The van der Waals surface area contributed by atoms with Crippen LogP contribution in [0, 0.1) is 0 Å². The molecule has 0 unspecified atom stereocenters. The predicted octanol–water partition coefficient (Wildman–Crippen LogP) is 1.76.